The Hall–Kier alpha value is -1.46. The van der Waals surface area contributed by atoms with E-state index in [0.717, 1.165) is 9.37 Å². The molecule has 0 aliphatic carbocycles. The van der Waals surface area contributed by atoms with Crippen LogP contribution in [-0.2, 0) is 0 Å². The van der Waals surface area contributed by atoms with Crippen LogP contribution in [0.25, 0.3) is 0 Å². The number of hydrogen-bond acceptors (Lipinski definition) is 3. The molecule has 0 aliphatic rings. The topological polar surface area (TPSA) is 55.1 Å². The number of amides is 1. The fourth-order valence-corrected chi connectivity index (χ4v) is 2.49. The van der Waals surface area contributed by atoms with Crippen molar-refractivity contribution >= 4 is 45.0 Å². The van der Waals surface area contributed by atoms with Gasteiger partial charge >= 0.3 is 0 Å². The number of nitrogens with two attached hydrogens (primary N) is 1. The third-order valence-corrected chi connectivity index (χ3v) is 4.12. The molecule has 0 aliphatic heterocycles. The van der Waals surface area contributed by atoms with Gasteiger partial charge in [0, 0.05) is 20.7 Å². The third kappa shape index (κ3) is 3.30. The Morgan fingerprint density at radius 2 is 2.00 bits per heavy atom. The van der Waals surface area contributed by atoms with Gasteiger partial charge in [-0.05, 0) is 52.5 Å². The zero-order valence-electron chi connectivity index (χ0n) is 10.3. The molecule has 0 radical (unpaired) electrons. The standard InChI is InChI=1S/C14H13BrN2OS/c1-19-13-5-3-2-4-10(13)14(18)17-9-6-7-11(15)12(16)8-9/h2-8H,16H2,1H3,(H,17,18). The Balaban J connectivity index is 2.23. The van der Waals surface area contributed by atoms with Crippen molar-refractivity contribution in [1.82, 2.24) is 0 Å². The summed E-state index contributed by atoms with van der Waals surface area (Å²) in [6, 6.07) is 12.8. The zero-order chi connectivity index (χ0) is 13.8. The van der Waals surface area contributed by atoms with Crippen molar-refractivity contribution < 1.29 is 4.79 Å². The molecule has 0 saturated carbocycles. The highest BCUT2D eigenvalue weighted by molar-refractivity contribution is 9.10. The summed E-state index contributed by atoms with van der Waals surface area (Å²) in [7, 11) is 0. The Bertz CT molecular complexity index is 616. The molecular formula is C14H13BrN2OS. The summed E-state index contributed by atoms with van der Waals surface area (Å²) in [6.07, 6.45) is 1.95. The van der Waals surface area contributed by atoms with Gasteiger partial charge in [0.25, 0.3) is 5.91 Å². The number of carbonyl (C=O) groups excluding carboxylic acids is 1. The summed E-state index contributed by atoms with van der Waals surface area (Å²) in [5.41, 5.74) is 7.73. The van der Waals surface area contributed by atoms with Gasteiger partial charge in [-0.2, -0.15) is 0 Å². The summed E-state index contributed by atoms with van der Waals surface area (Å²) in [5.74, 6) is -0.133. The summed E-state index contributed by atoms with van der Waals surface area (Å²) >= 11 is 4.87. The van der Waals surface area contributed by atoms with Gasteiger partial charge < -0.3 is 11.1 Å². The van der Waals surface area contributed by atoms with Crippen LogP contribution in [0.1, 0.15) is 10.4 Å². The first-order chi connectivity index (χ1) is 9.11. The summed E-state index contributed by atoms with van der Waals surface area (Å²) in [5, 5.41) is 2.85. The van der Waals surface area contributed by atoms with Crippen LogP contribution in [0.2, 0.25) is 0 Å². The lowest BCUT2D eigenvalue weighted by Gasteiger charge is -2.09. The maximum Gasteiger partial charge on any atom is 0.256 e. The molecule has 0 saturated heterocycles. The number of carbonyl (C=O) groups is 1. The maximum atomic E-state index is 12.2. The summed E-state index contributed by atoms with van der Waals surface area (Å²) in [6.45, 7) is 0. The molecule has 0 fully saturated rings. The van der Waals surface area contributed by atoms with Crippen LogP contribution in [0, 0.1) is 0 Å². The minimum atomic E-state index is -0.133. The van der Waals surface area contributed by atoms with E-state index in [1.54, 1.807) is 23.9 Å². The monoisotopic (exact) mass is 336 g/mol. The number of nitrogen functional groups attached to an aromatic ring is 1. The molecule has 2 aromatic rings. The molecule has 0 bridgehead atoms. The Labute approximate surface area is 124 Å². The lowest BCUT2D eigenvalue weighted by molar-refractivity contribution is 0.102. The Kier molecular flexibility index (Phi) is 4.50. The van der Waals surface area contributed by atoms with Crippen molar-refractivity contribution in [3.05, 3.63) is 52.5 Å². The van der Waals surface area contributed by atoms with Crippen molar-refractivity contribution in [2.75, 3.05) is 17.3 Å². The SMILES string of the molecule is CSc1ccccc1C(=O)Nc1ccc(Br)c(N)c1. The first kappa shape index (κ1) is 14.0. The summed E-state index contributed by atoms with van der Waals surface area (Å²) < 4.78 is 0.815. The van der Waals surface area contributed by atoms with Crippen LogP contribution in [0.5, 0.6) is 0 Å². The predicted octanol–water partition coefficient (Wildman–Crippen LogP) is 4.01. The van der Waals surface area contributed by atoms with Gasteiger partial charge in [-0.25, -0.2) is 0 Å². The third-order valence-electron chi connectivity index (χ3n) is 2.61. The van der Waals surface area contributed by atoms with Crippen LogP contribution in [0.15, 0.2) is 51.8 Å². The molecule has 19 heavy (non-hydrogen) atoms. The van der Waals surface area contributed by atoms with E-state index in [9.17, 15) is 4.79 Å². The Morgan fingerprint density at radius 3 is 2.68 bits per heavy atom. The number of nitrogens with one attached hydrogen (secondary N) is 1. The van der Waals surface area contributed by atoms with Gasteiger partial charge in [-0.15, -0.1) is 11.8 Å². The number of rotatable bonds is 3. The van der Waals surface area contributed by atoms with E-state index < -0.39 is 0 Å². The van der Waals surface area contributed by atoms with Crippen LogP contribution < -0.4 is 11.1 Å². The fraction of sp³-hybridized carbons (Fsp3) is 0.0714. The van der Waals surface area contributed by atoms with Crippen LogP contribution >= 0.6 is 27.7 Å². The highest BCUT2D eigenvalue weighted by Crippen LogP contribution is 2.25. The van der Waals surface area contributed by atoms with E-state index in [1.807, 2.05) is 36.6 Å². The van der Waals surface area contributed by atoms with Gasteiger partial charge in [0.05, 0.1) is 5.56 Å². The highest BCUT2D eigenvalue weighted by atomic mass is 79.9. The molecule has 0 heterocycles. The minimum absolute atomic E-state index is 0.133. The maximum absolute atomic E-state index is 12.2. The van der Waals surface area contributed by atoms with Gasteiger partial charge in [0.15, 0.2) is 0 Å². The molecular weight excluding hydrogens is 324 g/mol. The molecule has 0 spiro atoms. The Morgan fingerprint density at radius 1 is 1.26 bits per heavy atom. The second kappa shape index (κ2) is 6.12. The number of anilines is 2. The molecule has 0 aromatic heterocycles. The number of halogens is 1. The number of thioether (sulfide) groups is 1. The van der Waals surface area contributed by atoms with E-state index in [1.165, 1.54) is 0 Å². The van der Waals surface area contributed by atoms with E-state index in [-0.39, 0.29) is 5.91 Å². The second-order valence-corrected chi connectivity index (χ2v) is 5.59. The van der Waals surface area contributed by atoms with Gasteiger partial charge in [-0.1, -0.05) is 12.1 Å². The molecule has 3 N–H and O–H groups in total. The lowest BCUT2D eigenvalue weighted by Crippen LogP contribution is -2.13. The molecule has 5 heteroatoms. The van der Waals surface area contributed by atoms with E-state index >= 15 is 0 Å². The summed E-state index contributed by atoms with van der Waals surface area (Å²) in [4.78, 5) is 13.2. The first-order valence-corrected chi connectivity index (χ1v) is 7.63. The molecule has 2 rings (SSSR count). The lowest BCUT2D eigenvalue weighted by atomic mass is 10.2. The van der Waals surface area contributed by atoms with Gasteiger partial charge in [0.2, 0.25) is 0 Å². The molecule has 3 nitrogen and oxygen atoms in total. The van der Waals surface area contributed by atoms with Crippen LogP contribution in [0.3, 0.4) is 0 Å². The number of benzene rings is 2. The van der Waals surface area contributed by atoms with Crippen LogP contribution in [0.4, 0.5) is 11.4 Å². The molecule has 0 unspecified atom stereocenters. The zero-order valence-corrected chi connectivity index (χ0v) is 12.7. The minimum Gasteiger partial charge on any atom is -0.398 e. The van der Waals surface area contributed by atoms with Crippen molar-refractivity contribution in [2.24, 2.45) is 0 Å². The average molecular weight is 337 g/mol. The van der Waals surface area contributed by atoms with Crippen molar-refractivity contribution in [3.8, 4) is 0 Å². The van der Waals surface area contributed by atoms with Gasteiger partial charge in [-0.3, -0.25) is 4.79 Å². The first-order valence-electron chi connectivity index (χ1n) is 5.61. The normalized spacial score (nSPS) is 10.2. The van der Waals surface area contributed by atoms with Crippen LogP contribution in [-0.4, -0.2) is 12.2 Å². The number of hydrogen-bond donors (Lipinski definition) is 2. The fourth-order valence-electron chi connectivity index (χ4n) is 1.65. The van der Waals surface area contributed by atoms with Gasteiger partial charge in [0.1, 0.15) is 0 Å². The molecule has 1 amide bonds. The average Bonchev–Trinajstić information content (AvgIpc) is 2.43. The largest absolute Gasteiger partial charge is 0.398 e. The molecule has 0 atom stereocenters. The highest BCUT2D eigenvalue weighted by Gasteiger charge is 2.10. The molecule has 98 valence electrons. The van der Waals surface area contributed by atoms with E-state index in [4.69, 9.17) is 5.73 Å². The van der Waals surface area contributed by atoms with E-state index in [2.05, 4.69) is 21.2 Å². The van der Waals surface area contributed by atoms with Crippen molar-refractivity contribution in [3.63, 3.8) is 0 Å². The van der Waals surface area contributed by atoms with Crippen molar-refractivity contribution in [1.29, 1.82) is 0 Å². The predicted molar refractivity (Wildman–Crippen MR) is 84.7 cm³/mol. The van der Waals surface area contributed by atoms with E-state index in [0.29, 0.717) is 16.9 Å². The molecule has 2 aromatic carbocycles. The smallest absolute Gasteiger partial charge is 0.256 e. The quantitative estimate of drug-likeness (QED) is 0.657. The van der Waals surface area contributed by atoms with Crippen molar-refractivity contribution in [2.45, 2.75) is 4.90 Å². The second-order valence-electron chi connectivity index (χ2n) is 3.89.